The first-order chi connectivity index (χ1) is 12.7. The molecule has 0 spiro atoms. The van der Waals surface area contributed by atoms with Crippen molar-refractivity contribution in [2.24, 2.45) is 4.99 Å². The highest BCUT2D eigenvalue weighted by Crippen LogP contribution is 2.32. The first-order valence-corrected chi connectivity index (χ1v) is 9.43. The lowest BCUT2D eigenvalue weighted by molar-refractivity contribution is 0.241. The normalized spacial score (nSPS) is 15.0. The van der Waals surface area contributed by atoms with Gasteiger partial charge in [-0.1, -0.05) is 25.3 Å². The Hall–Kier alpha value is -2.40. The number of hydrogen-bond donors (Lipinski definition) is 2. The third-order valence-corrected chi connectivity index (χ3v) is 5.03. The van der Waals surface area contributed by atoms with Crippen LogP contribution in [0, 0.1) is 5.41 Å². The Morgan fingerprint density at radius 2 is 1.96 bits per heavy atom. The summed E-state index contributed by atoms with van der Waals surface area (Å²) in [6.07, 6.45) is 8.43. The second-order valence-electron chi connectivity index (χ2n) is 6.76. The molecule has 0 aliphatic heterocycles. The van der Waals surface area contributed by atoms with E-state index in [1.165, 1.54) is 32.1 Å². The molecule has 1 aromatic heterocycles. The van der Waals surface area contributed by atoms with E-state index in [-0.39, 0.29) is 0 Å². The monoisotopic (exact) mass is 352 g/mol. The Bertz CT molecular complexity index is 806. The van der Waals surface area contributed by atoms with Crippen molar-refractivity contribution in [3.8, 4) is 16.9 Å². The van der Waals surface area contributed by atoms with Crippen LogP contribution in [-0.4, -0.2) is 24.1 Å². The van der Waals surface area contributed by atoms with Gasteiger partial charge >= 0.3 is 0 Å². The fraction of sp³-hybridized carbons (Fsp3) is 0.429. The van der Waals surface area contributed by atoms with E-state index in [1.807, 2.05) is 48.0 Å². The lowest BCUT2D eigenvalue weighted by Gasteiger charge is -2.23. The van der Waals surface area contributed by atoms with E-state index in [2.05, 4.69) is 17.0 Å². The summed E-state index contributed by atoms with van der Waals surface area (Å²) in [6.45, 7) is 6.99. The van der Waals surface area contributed by atoms with Crippen LogP contribution in [0.1, 0.15) is 39.0 Å². The van der Waals surface area contributed by atoms with Crippen molar-refractivity contribution in [3.05, 3.63) is 42.0 Å². The summed E-state index contributed by atoms with van der Waals surface area (Å²) in [7, 11) is 0. The molecular weight excluding hydrogens is 324 g/mol. The number of pyridine rings is 1. The van der Waals surface area contributed by atoms with Gasteiger partial charge in [0.05, 0.1) is 0 Å². The van der Waals surface area contributed by atoms with Gasteiger partial charge in [0.1, 0.15) is 23.7 Å². The van der Waals surface area contributed by atoms with Crippen molar-refractivity contribution < 1.29 is 4.74 Å². The Labute approximate surface area is 155 Å². The molecule has 0 saturated heterocycles. The molecule has 138 valence electrons. The SMILES string of the molecule is C=Nc1cc(-c2ccc(=N)n(CC)c2)ccc1OCNC1CCCCC1. The molecule has 2 aromatic rings. The van der Waals surface area contributed by atoms with Crippen LogP contribution >= 0.6 is 0 Å². The van der Waals surface area contributed by atoms with Crippen molar-refractivity contribution in [2.45, 2.75) is 51.6 Å². The Morgan fingerprint density at radius 1 is 1.19 bits per heavy atom. The van der Waals surface area contributed by atoms with E-state index < -0.39 is 0 Å². The van der Waals surface area contributed by atoms with Crippen LogP contribution in [0.25, 0.3) is 11.1 Å². The molecule has 1 saturated carbocycles. The van der Waals surface area contributed by atoms with Gasteiger partial charge in [0.2, 0.25) is 0 Å². The highest BCUT2D eigenvalue weighted by Gasteiger charge is 2.13. The van der Waals surface area contributed by atoms with E-state index in [0.29, 0.717) is 18.3 Å². The third kappa shape index (κ3) is 4.41. The highest BCUT2D eigenvalue weighted by atomic mass is 16.5. The molecule has 0 unspecified atom stereocenters. The summed E-state index contributed by atoms with van der Waals surface area (Å²) in [5.41, 5.74) is 3.35. The van der Waals surface area contributed by atoms with Crippen LogP contribution in [0.4, 0.5) is 5.69 Å². The van der Waals surface area contributed by atoms with Crippen LogP contribution in [-0.2, 0) is 6.54 Å². The number of aliphatic imine (C=N–C) groups is 1. The second kappa shape index (κ2) is 8.81. The Kier molecular flexibility index (Phi) is 6.23. The average Bonchev–Trinajstić information content (AvgIpc) is 2.69. The summed E-state index contributed by atoms with van der Waals surface area (Å²) in [5.74, 6) is 0.743. The number of nitrogens with zero attached hydrogens (tertiary/aromatic N) is 2. The number of aromatic nitrogens is 1. The van der Waals surface area contributed by atoms with E-state index >= 15 is 0 Å². The van der Waals surface area contributed by atoms with E-state index in [1.54, 1.807) is 0 Å². The molecule has 2 N–H and O–H groups in total. The number of ether oxygens (including phenoxy) is 1. The van der Waals surface area contributed by atoms with Gasteiger partial charge in [-0.3, -0.25) is 15.7 Å². The third-order valence-electron chi connectivity index (χ3n) is 5.03. The summed E-state index contributed by atoms with van der Waals surface area (Å²) in [6, 6.07) is 10.3. The van der Waals surface area contributed by atoms with Gasteiger partial charge in [-0.15, -0.1) is 0 Å². The average molecular weight is 352 g/mol. The molecule has 1 aliphatic carbocycles. The van der Waals surface area contributed by atoms with Gasteiger partial charge in [0, 0.05) is 18.8 Å². The summed E-state index contributed by atoms with van der Waals surface area (Å²) in [4.78, 5) is 4.14. The zero-order chi connectivity index (χ0) is 18.4. The van der Waals surface area contributed by atoms with Crippen LogP contribution in [0.5, 0.6) is 5.75 Å². The largest absolute Gasteiger partial charge is 0.476 e. The van der Waals surface area contributed by atoms with E-state index in [4.69, 9.17) is 10.1 Å². The van der Waals surface area contributed by atoms with Gasteiger partial charge in [0.15, 0.2) is 0 Å². The van der Waals surface area contributed by atoms with Gasteiger partial charge < -0.3 is 9.30 Å². The zero-order valence-electron chi connectivity index (χ0n) is 15.5. The maximum atomic E-state index is 7.91. The predicted octanol–water partition coefficient (Wildman–Crippen LogP) is 4.25. The zero-order valence-corrected chi connectivity index (χ0v) is 15.5. The summed E-state index contributed by atoms with van der Waals surface area (Å²) >= 11 is 0. The quantitative estimate of drug-likeness (QED) is 0.578. The van der Waals surface area contributed by atoms with E-state index in [9.17, 15) is 0 Å². The minimum atomic E-state index is 0.496. The molecule has 26 heavy (non-hydrogen) atoms. The lowest BCUT2D eigenvalue weighted by atomic mass is 9.96. The van der Waals surface area contributed by atoms with Gasteiger partial charge in [-0.25, -0.2) is 0 Å². The fourth-order valence-corrected chi connectivity index (χ4v) is 3.46. The standard InChI is InChI=1S/C21H28N4O/c1-3-25-14-17(10-12-21(25)22)16-9-11-20(19(13-16)23-2)26-15-24-18-7-5-4-6-8-18/h9-14,18,22,24H,2-8,15H2,1H3. The summed E-state index contributed by atoms with van der Waals surface area (Å²) < 4.78 is 7.82. The molecule has 5 heteroatoms. The Morgan fingerprint density at radius 3 is 2.69 bits per heavy atom. The highest BCUT2D eigenvalue weighted by molar-refractivity contribution is 5.70. The number of hydrogen-bond acceptors (Lipinski definition) is 4. The molecule has 0 atom stereocenters. The van der Waals surface area contributed by atoms with Gasteiger partial charge in [-0.2, -0.15) is 0 Å². The predicted molar refractivity (Wildman–Crippen MR) is 106 cm³/mol. The molecule has 0 amide bonds. The fourth-order valence-electron chi connectivity index (χ4n) is 3.46. The molecule has 1 heterocycles. The van der Waals surface area contributed by atoms with Crippen LogP contribution in [0.3, 0.4) is 0 Å². The number of benzene rings is 1. The molecule has 1 aliphatic rings. The van der Waals surface area contributed by atoms with Gasteiger partial charge in [-0.05, 0) is 61.9 Å². The molecule has 5 nitrogen and oxygen atoms in total. The van der Waals surface area contributed by atoms with Crippen LogP contribution < -0.4 is 15.5 Å². The minimum absolute atomic E-state index is 0.496. The molecule has 1 aromatic carbocycles. The minimum Gasteiger partial charge on any atom is -0.476 e. The van der Waals surface area contributed by atoms with Crippen molar-refractivity contribution in [3.63, 3.8) is 0 Å². The van der Waals surface area contributed by atoms with Crippen molar-refractivity contribution in [1.29, 1.82) is 5.41 Å². The molecule has 1 fully saturated rings. The van der Waals surface area contributed by atoms with Crippen LogP contribution in [0.2, 0.25) is 0 Å². The van der Waals surface area contributed by atoms with Crippen molar-refractivity contribution >= 4 is 12.4 Å². The number of aryl methyl sites for hydroxylation is 1. The van der Waals surface area contributed by atoms with Gasteiger partial charge in [0.25, 0.3) is 0 Å². The lowest BCUT2D eigenvalue weighted by Crippen LogP contribution is -2.33. The van der Waals surface area contributed by atoms with E-state index in [0.717, 1.165) is 29.1 Å². The topological polar surface area (TPSA) is 62.4 Å². The van der Waals surface area contributed by atoms with Crippen molar-refractivity contribution in [2.75, 3.05) is 6.73 Å². The molecule has 3 rings (SSSR count). The van der Waals surface area contributed by atoms with Crippen molar-refractivity contribution in [1.82, 2.24) is 9.88 Å². The van der Waals surface area contributed by atoms with Crippen LogP contribution in [0.15, 0.2) is 41.5 Å². The first-order valence-electron chi connectivity index (χ1n) is 9.43. The smallest absolute Gasteiger partial charge is 0.146 e. The molecule has 0 radical (unpaired) electrons. The first kappa shape index (κ1) is 18.4. The molecule has 0 bridgehead atoms. The second-order valence-corrected chi connectivity index (χ2v) is 6.76. The Balaban J connectivity index is 1.71. The molecular formula is C21H28N4O. The maximum absolute atomic E-state index is 7.91. The maximum Gasteiger partial charge on any atom is 0.146 e. The number of rotatable bonds is 7. The summed E-state index contributed by atoms with van der Waals surface area (Å²) in [5, 5.41) is 11.4. The number of nitrogens with one attached hydrogen (secondary N) is 2.